The Kier molecular flexibility index (Phi) is 8.98. The Morgan fingerprint density at radius 1 is 1.00 bits per heavy atom. The van der Waals surface area contributed by atoms with Crippen molar-refractivity contribution in [2.24, 2.45) is 0 Å². The summed E-state index contributed by atoms with van der Waals surface area (Å²) >= 11 is 18.9. The molecule has 174 valence electrons. The van der Waals surface area contributed by atoms with Gasteiger partial charge in [-0.3, -0.25) is 14.9 Å². The molecule has 33 heavy (non-hydrogen) atoms. The van der Waals surface area contributed by atoms with Crippen LogP contribution in [0.2, 0.25) is 10.0 Å². The Morgan fingerprint density at radius 2 is 1.70 bits per heavy atom. The summed E-state index contributed by atoms with van der Waals surface area (Å²) in [6, 6.07) is 6.93. The lowest BCUT2D eigenvalue weighted by molar-refractivity contribution is -0.122. The number of halogens is 4. The Bertz CT molecular complexity index is 1110. The van der Waals surface area contributed by atoms with Crippen molar-refractivity contribution in [3.8, 4) is 5.75 Å². The van der Waals surface area contributed by atoms with Crippen LogP contribution >= 0.6 is 55.1 Å². The van der Waals surface area contributed by atoms with E-state index in [1.807, 2.05) is 0 Å². The molecule has 4 amide bonds. The zero-order chi connectivity index (χ0) is 24.1. The number of rotatable bonds is 8. The van der Waals surface area contributed by atoms with Crippen LogP contribution in [-0.2, 0) is 9.59 Å². The van der Waals surface area contributed by atoms with Gasteiger partial charge in [0, 0.05) is 0 Å². The van der Waals surface area contributed by atoms with Crippen LogP contribution in [0.4, 0.5) is 10.5 Å². The largest absolute Gasteiger partial charge is 0.491 e. The lowest BCUT2D eigenvalue weighted by Crippen LogP contribution is -2.54. The number of benzene rings is 2. The number of ether oxygens (including phenoxy) is 1. The topological polar surface area (TPSA) is 75.7 Å². The van der Waals surface area contributed by atoms with Crippen molar-refractivity contribution in [1.29, 1.82) is 0 Å². The number of nitrogens with one attached hydrogen (secondary N) is 1. The van der Waals surface area contributed by atoms with Crippen molar-refractivity contribution in [1.82, 2.24) is 5.32 Å². The summed E-state index contributed by atoms with van der Waals surface area (Å²) in [7, 11) is 0. The van der Waals surface area contributed by atoms with E-state index in [2.05, 4.69) is 44.1 Å². The number of carbonyl (C=O) groups is 3. The summed E-state index contributed by atoms with van der Waals surface area (Å²) in [5, 5.41) is 2.64. The standard InChI is InChI=1S/C23H20Br2Cl2N2O4/c1-2-3-4-5-8-33-20-16(24)10-13(11-17(20)25)9-15-21(30)28-23(32)29(22(15)31)14-6-7-18(26)19(27)12-14/h6-7,9-12H,2-5,8H2,1H3,(H,28,30,32)/b15-9-. The number of hydrogen-bond donors (Lipinski definition) is 1. The molecule has 0 bridgehead atoms. The average molecular weight is 619 g/mol. The van der Waals surface area contributed by atoms with E-state index in [-0.39, 0.29) is 21.3 Å². The minimum absolute atomic E-state index is 0.176. The van der Waals surface area contributed by atoms with Crippen LogP contribution in [-0.4, -0.2) is 24.5 Å². The molecule has 0 spiro atoms. The monoisotopic (exact) mass is 616 g/mol. The van der Waals surface area contributed by atoms with E-state index in [1.54, 1.807) is 12.1 Å². The van der Waals surface area contributed by atoms with Gasteiger partial charge in [-0.05, 0) is 80.3 Å². The van der Waals surface area contributed by atoms with Crippen LogP contribution in [0.25, 0.3) is 6.08 Å². The fourth-order valence-electron chi connectivity index (χ4n) is 3.19. The number of urea groups is 1. The lowest BCUT2D eigenvalue weighted by Gasteiger charge is -2.26. The van der Waals surface area contributed by atoms with Crippen molar-refractivity contribution < 1.29 is 19.1 Å². The smallest absolute Gasteiger partial charge is 0.335 e. The number of nitrogens with zero attached hydrogens (tertiary/aromatic N) is 1. The van der Waals surface area contributed by atoms with Gasteiger partial charge in [0.2, 0.25) is 0 Å². The molecular weight excluding hydrogens is 599 g/mol. The van der Waals surface area contributed by atoms with E-state index in [9.17, 15) is 14.4 Å². The van der Waals surface area contributed by atoms with Crippen LogP contribution in [0.5, 0.6) is 5.75 Å². The maximum Gasteiger partial charge on any atom is 0.335 e. The number of amides is 4. The molecule has 1 aliphatic rings. The van der Waals surface area contributed by atoms with Crippen LogP contribution in [0.3, 0.4) is 0 Å². The SMILES string of the molecule is CCCCCCOc1c(Br)cc(/C=C2/C(=O)NC(=O)N(c3ccc(Cl)c(Cl)c3)C2=O)cc1Br. The summed E-state index contributed by atoms with van der Waals surface area (Å²) in [5.41, 5.74) is 0.557. The molecule has 1 fully saturated rings. The van der Waals surface area contributed by atoms with Crippen molar-refractivity contribution in [2.45, 2.75) is 32.6 Å². The quantitative estimate of drug-likeness (QED) is 0.194. The molecule has 6 nitrogen and oxygen atoms in total. The molecule has 2 aromatic carbocycles. The fraction of sp³-hybridized carbons (Fsp3) is 0.261. The molecule has 1 heterocycles. The second-order valence-electron chi connectivity index (χ2n) is 7.28. The first-order chi connectivity index (χ1) is 15.7. The number of carbonyl (C=O) groups excluding carboxylic acids is 3. The molecule has 0 aliphatic carbocycles. The zero-order valence-electron chi connectivity index (χ0n) is 17.6. The summed E-state index contributed by atoms with van der Waals surface area (Å²) < 4.78 is 7.21. The van der Waals surface area contributed by atoms with Gasteiger partial charge in [-0.1, -0.05) is 49.4 Å². The summed E-state index contributed by atoms with van der Waals surface area (Å²) in [4.78, 5) is 38.7. The highest BCUT2D eigenvalue weighted by Crippen LogP contribution is 2.36. The van der Waals surface area contributed by atoms with E-state index in [4.69, 9.17) is 27.9 Å². The lowest BCUT2D eigenvalue weighted by atomic mass is 10.1. The third-order valence-corrected chi connectivity index (χ3v) is 6.76. The molecule has 2 aromatic rings. The van der Waals surface area contributed by atoms with E-state index in [0.717, 1.165) is 30.6 Å². The van der Waals surface area contributed by atoms with Gasteiger partial charge in [0.25, 0.3) is 11.8 Å². The van der Waals surface area contributed by atoms with Gasteiger partial charge < -0.3 is 4.74 Å². The van der Waals surface area contributed by atoms with Gasteiger partial charge in [0.05, 0.1) is 31.3 Å². The predicted molar refractivity (Wildman–Crippen MR) is 137 cm³/mol. The summed E-state index contributed by atoms with van der Waals surface area (Å²) in [5.74, 6) is -0.920. The first-order valence-corrected chi connectivity index (χ1v) is 12.6. The van der Waals surface area contributed by atoms with E-state index >= 15 is 0 Å². The van der Waals surface area contributed by atoms with Crippen LogP contribution < -0.4 is 15.0 Å². The van der Waals surface area contributed by atoms with Gasteiger partial charge in [-0.25, -0.2) is 9.69 Å². The van der Waals surface area contributed by atoms with Gasteiger partial charge in [0.15, 0.2) is 0 Å². The van der Waals surface area contributed by atoms with Gasteiger partial charge >= 0.3 is 6.03 Å². The summed E-state index contributed by atoms with van der Waals surface area (Å²) in [6.45, 7) is 2.73. The summed E-state index contributed by atoms with van der Waals surface area (Å²) in [6.07, 6.45) is 5.77. The number of imide groups is 2. The predicted octanol–water partition coefficient (Wildman–Crippen LogP) is 7.14. The van der Waals surface area contributed by atoms with Crippen LogP contribution in [0.1, 0.15) is 38.2 Å². The Labute approximate surface area is 218 Å². The molecule has 1 N–H and O–H groups in total. The molecule has 1 aliphatic heterocycles. The second kappa shape index (κ2) is 11.5. The van der Waals surface area contributed by atoms with E-state index in [0.29, 0.717) is 26.9 Å². The fourth-order valence-corrected chi connectivity index (χ4v) is 4.93. The van der Waals surface area contributed by atoms with Crippen molar-refractivity contribution in [3.05, 3.63) is 60.5 Å². The number of anilines is 1. The highest BCUT2D eigenvalue weighted by atomic mass is 79.9. The molecule has 0 radical (unpaired) electrons. The Hall–Kier alpha value is -1.87. The van der Waals surface area contributed by atoms with E-state index in [1.165, 1.54) is 24.3 Å². The molecular formula is C23H20Br2Cl2N2O4. The molecule has 0 unspecified atom stereocenters. The molecule has 0 aromatic heterocycles. The third kappa shape index (κ3) is 6.18. The minimum Gasteiger partial charge on any atom is -0.491 e. The molecule has 1 saturated heterocycles. The number of barbiturate groups is 1. The molecule has 3 rings (SSSR count). The van der Waals surface area contributed by atoms with Crippen molar-refractivity contribution in [3.63, 3.8) is 0 Å². The van der Waals surface area contributed by atoms with Gasteiger partial charge in [-0.15, -0.1) is 0 Å². The molecule has 10 heteroatoms. The van der Waals surface area contributed by atoms with Crippen LogP contribution in [0.15, 0.2) is 44.9 Å². The number of hydrogen-bond acceptors (Lipinski definition) is 4. The van der Waals surface area contributed by atoms with Crippen molar-refractivity contribution in [2.75, 3.05) is 11.5 Å². The molecule has 0 atom stereocenters. The highest BCUT2D eigenvalue weighted by molar-refractivity contribution is 9.11. The maximum atomic E-state index is 13.1. The molecule has 0 saturated carbocycles. The number of unbranched alkanes of at least 4 members (excludes halogenated alkanes) is 3. The average Bonchev–Trinajstić information content (AvgIpc) is 2.75. The third-order valence-electron chi connectivity index (χ3n) is 4.84. The van der Waals surface area contributed by atoms with Crippen LogP contribution in [0, 0.1) is 0 Å². The highest BCUT2D eigenvalue weighted by Gasteiger charge is 2.37. The normalized spacial score (nSPS) is 15.2. The van der Waals surface area contributed by atoms with Crippen molar-refractivity contribution >= 4 is 84.7 Å². The second-order valence-corrected chi connectivity index (χ2v) is 9.80. The zero-order valence-corrected chi connectivity index (χ0v) is 22.3. The first kappa shape index (κ1) is 25.7. The maximum absolute atomic E-state index is 13.1. The van der Waals surface area contributed by atoms with Gasteiger partial charge in [0.1, 0.15) is 11.3 Å². The Balaban J connectivity index is 1.86. The van der Waals surface area contributed by atoms with Gasteiger partial charge in [-0.2, -0.15) is 0 Å². The minimum atomic E-state index is -0.866. The van der Waals surface area contributed by atoms with E-state index < -0.39 is 17.8 Å². The Morgan fingerprint density at radius 3 is 2.33 bits per heavy atom. The first-order valence-electron chi connectivity index (χ1n) is 10.2.